The van der Waals surface area contributed by atoms with Crippen LogP contribution in [0, 0.1) is 0 Å². The van der Waals surface area contributed by atoms with Crippen LogP contribution in [0.2, 0.25) is 0 Å². The summed E-state index contributed by atoms with van der Waals surface area (Å²) in [7, 11) is 0. The lowest BCUT2D eigenvalue weighted by molar-refractivity contribution is 0.922. The highest BCUT2D eigenvalue weighted by molar-refractivity contribution is 6.25. The van der Waals surface area contributed by atoms with Crippen LogP contribution in [0.1, 0.15) is 17.8 Å². The van der Waals surface area contributed by atoms with Gasteiger partial charge in [-0.2, -0.15) is 0 Å². The largest absolute Gasteiger partial charge is 0.309 e. The second-order valence-electron chi connectivity index (χ2n) is 13.0. The quantitative estimate of drug-likeness (QED) is 0.178. The van der Waals surface area contributed by atoms with E-state index in [1.54, 1.807) is 0 Å². The van der Waals surface area contributed by atoms with E-state index in [0.29, 0.717) is 0 Å². The van der Waals surface area contributed by atoms with Gasteiger partial charge in [-0.25, -0.2) is 4.98 Å². The zero-order chi connectivity index (χ0) is 31.3. The lowest BCUT2D eigenvalue weighted by Crippen LogP contribution is -1.99. The highest BCUT2D eigenvalue weighted by Gasteiger charge is 2.21. The first-order valence-electron chi connectivity index (χ1n) is 16.8. The second-order valence-corrected chi connectivity index (χ2v) is 13.0. The van der Waals surface area contributed by atoms with Gasteiger partial charge in [0, 0.05) is 27.2 Å². The van der Waals surface area contributed by atoms with Gasteiger partial charge in [0.25, 0.3) is 0 Å². The van der Waals surface area contributed by atoms with Crippen molar-refractivity contribution in [1.29, 1.82) is 0 Å². The number of hydrogen-bond donors (Lipinski definition) is 0. The maximum atomic E-state index is 5.27. The van der Waals surface area contributed by atoms with Crippen molar-refractivity contribution >= 4 is 76.7 Å². The lowest BCUT2D eigenvalue weighted by Gasteiger charge is -2.16. The molecule has 1 aliphatic carbocycles. The number of rotatable bonds is 2. The molecule has 0 atom stereocenters. The Morgan fingerprint density at radius 3 is 2.08 bits per heavy atom. The summed E-state index contributed by atoms with van der Waals surface area (Å²) < 4.78 is 4.84. The van der Waals surface area contributed by atoms with Gasteiger partial charge in [-0.1, -0.05) is 109 Å². The van der Waals surface area contributed by atoms with Gasteiger partial charge < -0.3 is 4.57 Å². The normalized spacial score (nSPS) is 13.2. The van der Waals surface area contributed by atoms with E-state index in [0.717, 1.165) is 29.9 Å². The summed E-state index contributed by atoms with van der Waals surface area (Å²) in [5.41, 5.74) is 10.7. The van der Waals surface area contributed by atoms with E-state index < -0.39 is 0 Å². The predicted octanol–water partition coefficient (Wildman–Crippen LogP) is 11.7. The van der Waals surface area contributed by atoms with E-state index in [-0.39, 0.29) is 0 Å². The molecule has 0 unspecified atom stereocenters. The summed E-state index contributed by atoms with van der Waals surface area (Å²) in [6.07, 6.45) is 6.51. The molecule has 0 amide bonds. The first kappa shape index (κ1) is 25.9. The zero-order valence-electron chi connectivity index (χ0n) is 26.2. The molecule has 0 aliphatic heterocycles. The van der Waals surface area contributed by atoms with Crippen molar-refractivity contribution in [2.45, 2.75) is 12.8 Å². The Kier molecular flexibility index (Phi) is 5.22. The minimum Gasteiger partial charge on any atom is -0.309 e. The molecular weight excluding hydrogens is 583 g/mol. The SMILES string of the molecule is C1=Cc2nc3c4c5ccccc5c(-c5ccc(-n6c7ccccc7c7c8ccccc8ccc76)cc5)cc4c4ccccc4n3c2CC1. The van der Waals surface area contributed by atoms with Crippen molar-refractivity contribution in [1.82, 2.24) is 14.0 Å². The number of nitrogens with zero attached hydrogens (tertiary/aromatic N) is 3. The fraction of sp³-hybridized carbons (Fsp3) is 0.0444. The van der Waals surface area contributed by atoms with E-state index in [1.807, 2.05) is 0 Å². The van der Waals surface area contributed by atoms with Crippen molar-refractivity contribution in [2.24, 2.45) is 0 Å². The van der Waals surface area contributed by atoms with Gasteiger partial charge in [-0.3, -0.25) is 4.40 Å². The van der Waals surface area contributed by atoms with Crippen LogP contribution < -0.4 is 0 Å². The number of para-hydroxylation sites is 2. The molecule has 3 heterocycles. The Labute approximate surface area is 276 Å². The molecule has 10 aromatic rings. The van der Waals surface area contributed by atoms with Gasteiger partial charge in [0.2, 0.25) is 0 Å². The van der Waals surface area contributed by atoms with Crippen molar-refractivity contribution in [3.63, 3.8) is 0 Å². The maximum absolute atomic E-state index is 5.27. The Balaban J connectivity index is 1.17. The van der Waals surface area contributed by atoms with E-state index in [1.165, 1.54) is 81.8 Å². The molecular formula is C45H29N3. The van der Waals surface area contributed by atoms with Gasteiger partial charge in [0.05, 0.1) is 27.9 Å². The highest BCUT2D eigenvalue weighted by atomic mass is 15.0. The average molecular weight is 612 g/mol. The molecule has 11 rings (SSSR count). The zero-order valence-corrected chi connectivity index (χ0v) is 26.2. The number of imidazole rings is 1. The fourth-order valence-corrected chi connectivity index (χ4v) is 8.46. The molecule has 0 saturated carbocycles. The molecule has 3 aromatic heterocycles. The highest BCUT2D eigenvalue weighted by Crippen LogP contribution is 2.42. The number of benzene rings is 7. The number of fused-ring (bicyclic) bond motifs is 15. The molecule has 224 valence electrons. The van der Waals surface area contributed by atoms with Crippen molar-refractivity contribution < 1.29 is 0 Å². The standard InChI is InChI=1S/C45H29N3/c1-2-12-31-28(11-1)23-26-42-43(31)35-16-6-9-19-40(35)47(42)30-24-21-29(22-25-30)36-27-37-33-14-5-8-18-39(33)48-41-20-10-7-17-38(41)46-45(48)44(37)34-15-4-3-13-32(34)36/h1-9,11-19,21-27H,10,20H2. The van der Waals surface area contributed by atoms with E-state index in [2.05, 4.69) is 161 Å². The van der Waals surface area contributed by atoms with Crippen LogP contribution in [-0.4, -0.2) is 14.0 Å². The third-order valence-corrected chi connectivity index (χ3v) is 10.5. The number of pyridine rings is 1. The van der Waals surface area contributed by atoms with Crippen molar-refractivity contribution in [3.05, 3.63) is 157 Å². The Bertz CT molecular complexity index is 2990. The van der Waals surface area contributed by atoms with E-state index >= 15 is 0 Å². The average Bonchev–Trinajstić information content (AvgIpc) is 3.71. The van der Waals surface area contributed by atoms with Crippen LogP contribution >= 0.6 is 0 Å². The minimum atomic E-state index is 1.01. The molecule has 1 aliphatic rings. The molecule has 0 fully saturated rings. The molecule has 0 saturated heterocycles. The smallest absolute Gasteiger partial charge is 0.146 e. The summed E-state index contributed by atoms with van der Waals surface area (Å²) in [6.45, 7) is 0. The van der Waals surface area contributed by atoms with Gasteiger partial charge >= 0.3 is 0 Å². The van der Waals surface area contributed by atoms with Gasteiger partial charge in [-0.05, 0) is 93.4 Å². The molecule has 7 aromatic carbocycles. The summed E-state index contributed by atoms with van der Waals surface area (Å²) in [5.74, 6) is 0. The molecule has 0 bridgehead atoms. The van der Waals surface area contributed by atoms with Crippen LogP contribution in [0.25, 0.3) is 93.6 Å². The third-order valence-electron chi connectivity index (χ3n) is 10.5. The Morgan fingerprint density at radius 2 is 1.23 bits per heavy atom. The van der Waals surface area contributed by atoms with Crippen LogP contribution in [-0.2, 0) is 6.42 Å². The third kappa shape index (κ3) is 3.45. The molecule has 48 heavy (non-hydrogen) atoms. The minimum absolute atomic E-state index is 1.01. The second kappa shape index (κ2) is 9.66. The number of aromatic nitrogens is 3. The van der Waals surface area contributed by atoms with Crippen molar-refractivity contribution in [2.75, 3.05) is 0 Å². The first-order chi connectivity index (χ1) is 23.8. The molecule has 0 N–H and O–H groups in total. The summed E-state index contributed by atoms with van der Waals surface area (Å²) >= 11 is 0. The Hall–Kier alpha value is -6.19. The number of aryl methyl sites for hydroxylation is 1. The maximum Gasteiger partial charge on any atom is 0.146 e. The monoisotopic (exact) mass is 611 g/mol. The first-order valence-corrected chi connectivity index (χ1v) is 16.8. The van der Waals surface area contributed by atoms with E-state index in [9.17, 15) is 0 Å². The summed E-state index contributed by atoms with van der Waals surface area (Å²) in [6, 6.07) is 51.3. The van der Waals surface area contributed by atoms with E-state index in [4.69, 9.17) is 4.98 Å². The lowest BCUT2D eigenvalue weighted by atomic mass is 9.92. The predicted molar refractivity (Wildman–Crippen MR) is 202 cm³/mol. The summed E-state index contributed by atoms with van der Waals surface area (Å²) in [4.78, 5) is 5.27. The van der Waals surface area contributed by atoms with Crippen molar-refractivity contribution in [3.8, 4) is 16.8 Å². The topological polar surface area (TPSA) is 22.2 Å². The molecule has 3 nitrogen and oxygen atoms in total. The Morgan fingerprint density at radius 1 is 0.521 bits per heavy atom. The molecule has 0 radical (unpaired) electrons. The number of hydrogen-bond acceptors (Lipinski definition) is 1. The van der Waals surface area contributed by atoms with Gasteiger partial charge in [-0.15, -0.1) is 0 Å². The molecule has 3 heteroatoms. The summed E-state index contributed by atoms with van der Waals surface area (Å²) in [5, 5.41) is 11.4. The van der Waals surface area contributed by atoms with Crippen LogP contribution in [0.15, 0.2) is 146 Å². The van der Waals surface area contributed by atoms with Crippen LogP contribution in [0.5, 0.6) is 0 Å². The van der Waals surface area contributed by atoms with Crippen LogP contribution in [0.3, 0.4) is 0 Å². The molecule has 0 spiro atoms. The number of allylic oxidation sites excluding steroid dienone is 1. The van der Waals surface area contributed by atoms with Gasteiger partial charge in [0.1, 0.15) is 5.65 Å². The fourth-order valence-electron chi connectivity index (χ4n) is 8.46. The van der Waals surface area contributed by atoms with Gasteiger partial charge in [0.15, 0.2) is 0 Å². The van der Waals surface area contributed by atoms with Crippen LogP contribution in [0.4, 0.5) is 0 Å².